The lowest BCUT2D eigenvalue weighted by Gasteiger charge is -2.20. The summed E-state index contributed by atoms with van der Waals surface area (Å²) >= 11 is 6.05. The second kappa shape index (κ2) is 9.95. The molecule has 0 radical (unpaired) electrons. The average molecular weight is 463 g/mol. The molecule has 2 aromatic carbocycles. The number of sulfonamides is 1. The molecule has 3 aromatic rings. The zero-order valence-corrected chi connectivity index (χ0v) is 18.7. The van der Waals surface area contributed by atoms with Crippen molar-refractivity contribution in [2.75, 3.05) is 13.7 Å². The molecule has 10 heteroatoms. The predicted molar refractivity (Wildman–Crippen MR) is 117 cm³/mol. The average Bonchev–Trinajstić information content (AvgIpc) is 3.19. The first-order chi connectivity index (χ1) is 14.8. The van der Waals surface area contributed by atoms with Crippen molar-refractivity contribution >= 4 is 27.5 Å². The van der Waals surface area contributed by atoms with Gasteiger partial charge in [0.15, 0.2) is 0 Å². The molecule has 1 heterocycles. The minimum atomic E-state index is -3.78. The van der Waals surface area contributed by atoms with Crippen LogP contribution in [0, 0.1) is 0 Å². The van der Waals surface area contributed by atoms with Crippen molar-refractivity contribution in [1.82, 2.24) is 19.8 Å². The Balaban J connectivity index is 1.75. The van der Waals surface area contributed by atoms with Crippen molar-refractivity contribution in [2.24, 2.45) is 7.05 Å². The number of aryl methyl sites for hydroxylation is 1. The van der Waals surface area contributed by atoms with Gasteiger partial charge < -0.3 is 10.1 Å². The minimum Gasteiger partial charge on any atom is -0.496 e. The SMILES string of the molecule is COc1ccc(Cl)cc1CC(=O)NC(CNS(=O)(=O)c1cnn(C)c1)c1ccccc1. The van der Waals surface area contributed by atoms with Gasteiger partial charge in [-0.1, -0.05) is 41.9 Å². The van der Waals surface area contributed by atoms with E-state index in [1.54, 1.807) is 25.2 Å². The van der Waals surface area contributed by atoms with Crippen LogP contribution in [-0.4, -0.2) is 37.8 Å². The van der Waals surface area contributed by atoms with Crippen LogP contribution in [0.1, 0.15) is 17.2 Å². The van der Waals surface area contributed by atoms with E-state index in [4.69, 9.17) is 16.3 Å². The van der Waals surface area contributed by atoms with Crippen molar-refractivity contribution in [2.45, 2.75) is 17.4 Å². The summed E-state index contributed by atoms with van der Waals surface area (Å²) in [6.07, 6.45) is 2.70. The fourth-order valence-electron chi connectivity index (χ4n) is 3.06. The maximum atomic E-state index is 12.8. The molecule has 1 aromatic heterocycles. The van der Waals surface area contributed by atoms with Gasteiger partial charge in [0.25, 0.3) is 0 Å². The van der Waals surface area contributed by atoms with Gasteiger partial charge in [0.2, 0.25) is 15.9 Å². The van der Waals surface area contributed by atoms with Crippen molar-refractivity contribution in [1.29, 1.82) is 0 Å². The van der Waals surface area contributed by atoms with Gasteiger partial charge in [0, 0.05) is 30.4 Å². The zero-order chi connectivity index (χ0) is 22.4. The Bertz CT molecular complexity index is 1150. The van der Waals surface area contributed by atoms with Crippen molar-refractivity contribution < 1.29 is 17.9 Å². The zero-order valence-electron chi connectivity index (χ0n) is 17.1. The quantitative estimate of drug-likeness (QED) is 0.508. The van der Waals surface area contributed by atoms with Crippen molar-refractivity contribution in [3.05, 3.63) is 77.1 Å². The highest BCUT2D eigenvalue weighted by Crippen LogP contribution is 2.23. The number of carbonyl (C=O) groups is 1. The van der Waals surface area contributed by atoms with Crippen LogP contribution in [0.15, 0.2) is 65.8 Å². The molecule has 8 nitrogen and oxygen atoms in total. The Morgan fingerprint density at radius 2 is 1.97 bits per heavy atom. The summed E-state index contributed by atoms with van der Waals surface area (Å²) in [6.45, 7) is -0.0281. The third kappa shape index (κ3) is 6.06. The van der Waals surface area contributed by atoms with E-state index in [2.05, 4.69) is 15.1 Å². The summed E-state index contributed by atoms with van der Waals surface area (Å²) in [7, 11) is -0.622. The standard InChI is InChI=1S/C21H23ClN4O4S/c1-26-14-18(12-23-26)31(28,29)24-13-19(15-6-4-3-5-7-15)25-21(27)11-16-10-17(22)8-9-20(16)30-2/h3-10,12,14,19,24H,11,13H2,1-2H3,(H,25,27). The number of hydrogen-bond acceptors (Lipinski definition) is 5. The Morgan fingerprint density at radius 1 is 1.23 bits per heavy atom. The van der Waals surface area contributed by atoms with Crippen LogP contribution in [0.3, 0.4) is 0 Å². The van der Waals surface area contributed by atoms with Crippen LogP contribution in [0.5, 0.6) is 5.75 Å². The Labute approximate surface area is 186 Å². The molecule has 2 N–H and O–H groups in total. The molecule has 1 atom stereocenters. The molecule has 0 aliphatic heterocycles. The van der Waals surface area contributed by atoms with Crippen LogP contribution in [0.2, 0.25) is 5.02 Å². The van der Waals surface area contributed by atoms with E-state index in [1.165, 1.54) is 24.2 Å². The summed E-state index contributed by atoms with van der Waals surface area (Å²) < 4.78 is 34.4. The molecule has 0 fully saturated rings. The number of methoxy groups -OCH3 is 1. The molecule has 0 bridgehead atoms. The molecule has 1 unspecified atom stereocenters. The molecule has 0 aliphatic rings. The summed E-state index contributed by atoms with van der Waals surface area (Å²) in [6, 6.07) is 13.6. The molecule has 3 rings (SSSR count). The van der Waals surface area contributed by atoms with Gasteiger partial charge in [0.05, 0.1) is 25.8 Å². The highest BCUT2D eigenvalue weighted by atomic mass is 35.5. The number of rotatable bonds is 9. The molecule has 0 saturated heterocycles. The van der Waals surface area contributed by atoms with Crippen molar-refractivity contribution in [3.8, 4) is 5.75 Å². The topological polar surface area (TPSA) is 102 Å². The van der Waals surface area contributed by atoms with Crippen LogP contribution in [0.25, 0.3) is 0 Å². The molecule has 0 spiro atoms. The summed E-state index contributed by atoms with van der Waals surface area (Å²) in [5, 5.41) is 7.28. The number of amides is 1. The van der Waals surface area contributed by atoms with Gasteiger partial charge in [-0.15, -0.1) is 0 Å². The molecule has 1 amide bonds. The molecule has 0 saturated carbocycles. The number of halogens is 1. The van der Waals surface area contributed by atoms with E-state index >= 15 is 0 Å². The lowest BCUT2D eigenvalue weighted by molar-refractivity contribution is -0.121. The first-order valence-corrected chi connectivity index (χ1v) is 11.3. The molecule has 31 heavy (non-hydrogen) atoms. The number of ether oxygens (including phenoxy) is 1. The van der Waals surface area contributed by atoms with Crippen LogP contribution in [-0.2, 0) is 28.3 Å². The second-order valence-electron chi connectivity index (χ2n) is 6.87. The van der Waals surface area contributed by atoms with Crippen LogP contribution < -0.4 is 14.8 Å². The number of nitrogens with one attached hydrogen (secondary N) is 2. The molecular formula is C21H23ClN4O4S. The van der Waals surface area contributed by atoms with E-state index in [0.29, 0.717) is 16.3 Å². The van der Waals surface area contributed by atoms with E-state index in [9.17, 15) is 13.2 Å². The highest BCUT2D eigenvalue weighted by Gasteiger charge is 2.21. The molecule has 0 aliphatic carbocycles. The Hall–Kier alpha value is -2.88. The van der Waals surface area contributed by atoms with E-state index in [1.807, 2.05) is 30.3 Å². The van der Waals surface area contributed by atoms with Gasteiger partial charge in [0.1, 0.15) is 10.6 Å². The number of nitrogens with zero attached hydrogens (tertiary/aromatic N) is 2. The molecular weight excluding hydrogens is 440 g/mol. The second-order valence-corrected chi connectivity index (χ2v) is 9.07. The smallest absolute Gasteiger partial charge is 0.243 e. The van der Waals surface area contributed by atoms with Gasteiger partial charge >= 0.3 is 0 Å². The van der Waals surface area contributed by atoms with Crippen LogP contribution >= 0.6 is 11.6 Å². The fourth-order valence-corrected chi connectivity index (χ4v) is 4.28. The van der Waals surface area contributed by atoms with E-state index in [-0.39, 0.29) is 23.8 Å². The largest absolute Gasteiger partial charge is 0.496 e. The lowest BCUT2D eigenvalue weighted by Crippen LogP contribution is -2.38. The highest BCUT2D eigenvalue weighted by molar-refractivity contribution is 7.89. The molecule has 164 valence electrons. The Morgan fingerprint density at radius 3 is 2.61 bits per heavy atom. The Kier molecular flexibility index (Phi) is 7.32. The normalized spacial score (nSPS) is 12.4. The van der Waals surface area contributed by atoms with Crippen LogP contribution in [0.4, 0.5) is 0 Å². The van der Waals surface area contributed by atoms with Gasteiger partial charge in [-0.05, 0) is 23.8 Å². The summed E-state index contributed by atoms with van der Waals surface area (Å²) in [5.74, 6) is 0.253. The number of aromatic nitrogens is 2. The predicted octanol–water partition coefficient (Wildman–Crippen LogP) is 2.46. The van der Waals surface area contributed by atoms with Gasteiger partial charge in [-0.2, -0.15) is 5.10 Å². The monoisotopic (exact) mass is 462 g/mol. The van der Waals surface area contributed by atoms with Gasteiger partial charge in [-0.25, -0.2) is 13.1 Å². The first-order valence-electron chi connectivity index (χ1n) is 9.43. The first kappa shape index (κ1) is 22.8. The third-order valence-corrected chi connectivity index (χ3v) is 6.21. The summed E-state index contributed by atoms with van der Waals surface area (Å²) in [4.78, 5) is 12.8. The number of carbonyl (C=O) groups excluding carboxylic acids is 1. The maximum absolute atomic E-state index is 12.8. The third-order valence-electron chi connectivity index (χ3n) is 4.60. The number of hydrogen-bond donors (Lipinski definition) is 2. The lowest BCUT2D eigenvalue weighted by atomic mass is 10.1. The van der Waals surface area contributed by atoms with Gasteiger partial charge in [-0.3, -0.25) is 9.48 Å². The van der Waals surface area contributed by atoms with E-state index < -0.39 is 16.1 Å². The minimum absolute atomic E-state index is 0.0281. The van der Waals surface area contributed by atoms with Crippen molar-refractivity contribution in [3.63, 3.8) is 0 Å². The summed E-state index contributed by atoms with van der Waals surface area (Å²) in [5.41, 5.74) is 1.40. The fraction of sp³-hybridized carbons (Fsp3) is 0.238. The van der Waals surface area contributed by atoms with E-state index in [0.717, 1.165) is 5.56 Å². The number of benzene rings is 2. The maximum Gasteiger partial charge on any atom is 0.243 e.